The molecule has 1 saturated heterocycles. The SMILES string of the molecule is Nc1ncc(SCCN2CCCCC2)s1. The van der Waals surface area contributed by atoms with Crippen LogP contribution < -0.4 is 5.73 Å². The number of nitrogens with two attached hydrogens (primary N) is 1. The minimum absolute atomic E-state index is 0.676. The summed E-state index contributed by atoms with van der Waals surface area (Å²) in [6, 6.07) is 0. The van der Waals surface area contributed by atoms with E-state index in [0.29, 0.717) is 5.13 Å². The van der Waals surface area contributed by atoms with Crippen LogP contribution in [0.15, 0.2) is 10.4 Å². The van der Waals surface area contributed by atoms with Crippen LogP contribution in [0.4, 0.5) is 5.13 Å². The van der Waals surface area contributed by atoms with Crippen molar-refractivity contribution < 1.29 is 0 Å². The zero-order chi connectivity index (χ0) is 10.5. The summed E-state index contributed by atoms with van der Waals surface area (Å²) in [5.41, 5.74) is 5.58. The molecule has 0 unspecified atom stereocenters. The predicted octanol–water partition coefficient (Wildman–Crippen LogP) is 2.30. The first-order valence-corrected chi connectivity index (χ1v) is 7.21. The second kappa shape index (κ2) is 5.72. The molecule has 1 aliphatic rings. The Morgan fingerprint density at radius 2 is 2.20 bits per heavy atom. The highest BCUT2D eigenvalue weighted by molar-refractivity contribution is 8.01. The van der Waals surface area contributed by atoms with E-state index in [9.17, 15) is 0 Å². The summed E-state index contributed by atoms with van der Waals surface area (Å²) in [4.78, 5) is 6.60. The second-order valence-electron chi connectivity index (χ2n) is 3.77. The Bertz CT molecular complexity index is 295. The standard InChI is InChI=1S/C10H17N3S2/c11-10-12-8-9(15-10)14-7-6-13-4-2-1-3-5-13/h8H,1-7H2,(H2,11,12). The van der Waals surface area contributed by atoms with Gasteiger partial charge >= 0.3 is 0 Å². The summed E-state index contributed by atoms with van der Waals surface area (Å²) in [6.07, 6.45) is 6.03. The summed E-state index contributed by atoms with van der Waals surface area (Å²) in [5, 5.41) is 0.676. The van der Waals surface area contributed by atoms with Crippen LogP contribution in [0.1, 0.15) is 19.3 Å². The Morgan fingerprint density at radius 1 is 1.40 bits per heavy atom. The molecule has 2 heterocycles. The van der Waals surface area contributed by atoms with Gasteiger partial charge in [-0.3, -0.25) is 0 Å². The molecule has 3 nitrogen and oxygen atoms in total. The van der Waals surface area contributed by atoms with Crippen LogP contribution in [0.3, 0.4) is 0 Å². The van der Waals surface area contributed by atoms with Gasteiger partial charge in [-0.1, -0.05) is 17.8 Å². The smallest absolute Gasteiger partial charge is 0.181 e. The lowest BCUT2D eigenvalue weighted by atomic mass is 10.1. The van der Waals surface area contributed by atoms with Crippen molar-refractivity contribution in [3.05, 3.63) is 6.20 Å². The van der Waals surface area contributed by atoms with Crippen LogP contribution >= 0.6 is 23.1 Å². The van der Waals surface area contributed by atoms with Crippen LogP contribution in [-0.4, -0.2) is 35.3 Å². The van der Waals surface area contributed by atoms with E-state index >= 15 is 0 Å². The first kappa shape index (κ1) is 11.2. The number of likely N-dealkylation sites (tertiary alicyclic amines) is 1. The van der Waals surface area contributed by atoms with Crippen molar-refractivity contribution in [2.24, 2.45) is 0 Å². The predicted molar refractivity (Wildman–Crippen MR) is 67.5 cm³/mol. The number of thioether (sulfide) groups is 1. The summed E-state index contributed by atoms with van der Waals surface area (Å²) in [5.74, 6) is 1.15. The van der Waals surface area contributed by atoms with Gasteiger partial charge in [0.25, 0.3) is 0 Å². The lowest BCUT2D eigenvalue weighted by Gasteiger charge is -2.25. The van der Waals surface area contributed by atoms with E-state index in [1.54, 1.807) is 11.3 Å². The number of thiazole rings is 1. The molecule has 0 spiro atoms. The minimum Gasteiger partial charge on any atom is -0.375 e. The van der Waals surface area contributed by atoms with Crippen molar-refractivity contribution in [1.29, 1.82) is 0 Å². The molecule has 2 rings (SSSR count). The van der Waals surface area contributed by atoms with Crippen LogP contribution in [0.5, 0.6) is 0 Å². The third-order valence-electron chi connectivity index (χ3n) is 2.60. The fourth-order valence-corrected chi connectivity index (χ4v) is 3.63. The number of aromatic nitrogens is 1. The highest BCUT2D eigenvalue weighted by atomic mass is 32.2. The molecular weight excluding hydrogens is 226 g/mol. The molecule has 1 fully saturated rings. The van der Waals surface area contributed by atoms with Gasteiger partial charge in [-0.25, -0.2) is 4.98 Å². The fraction of sp³-hybridized carbons (Fsp3) is 0.700. The average Bonchev–Trinajstić information content (AvgIpc) is 2.66. The quantitative estimate of drug-likeness (QED) is 0.824. The first-order valence-electron chi connectivity index (χ1n) is 5.41. The molecule has 2 N–H and O–H groups in total. The number of nitrogen functional groups attached to an aromatic ring is 1. The summed E-state index contributed by atoms with van der Waals surface area (Å²) in [7, 11) is 0. The summed E-state index contributed by atoms with van der Waals surface area (Å²) < 4.78 is 1.24. The fourth-order valence-electron chi connectivity index (χ4n) is 1.80. The normalized spacial score (nSPS) is 18.1. The molecule has 1 aliphatic heterocycles. The molecule has 0 aromatic carbocycles. The van der Waals surface area contributed by atoms with Gasteiger partial charge < -0.3 is 10.6 Å². The molecule has 0 aliphatic carbocycles. The van der Waals surface area contributed by atoms with Crippen molar-refractivity contribution in [3.63, 3.8) is 0 Å². The Hall–Kier alpha value is -0.260. The third-order valence-corrected chi connectivity index (χ3v) is 4.60. The van der Waals surface area contributed by atoms with Gasteiger partial charge in [0.05, 0.1) is 10.4 Å². The molecule has 0 radical (unpaired) electrons. The Balaban J connectivity index is 1.65. The van der Waals surface area contributed by atoms with Gasteiger partial charge in [0.2, 0.25) is 0 Å². The van der Waals surface area contributed by atoms with Crippen LogP contribution in [0.2, 0.25) is 0 Å². The molecule has 0 amide bonds. The molecule has 1 aromatic rings. The Morgan fingerprint density at radius 3 is 2.87 bits per heavy atom. The molecule has 0 saturated carbocycles. The summed E-state index contributed by atoms with van der Waals surface area (Å²) in [6.45, 7) is 3.76. The van der Waals surface area contributed by atoms with Gasteiger partial charge in [0.15, 0.2) is 5.13 Å². The van der Waals surface area contributed by atoms with Crippen LogP contribution in [0.25, 0.3) is 0 Å². The van der Waals surface area contributed by atoms with Crippen molar-refractivity contribution >= 4 is 28.2 Å². The second-order valence-corrected chi connectivity index (χ2v) is 6.23. The maximum Gasteiger partial charge on any atom is 0.181 e. The maximum absolute atomic E-state index is 5.58. The highest BCUT2D eigenvalue weighted by Crippen LogP contribution is 2.26. The van der Waals surface area contributed by atoms with Crippen molar-refractivity contribution in [1.82, 2.24) is 9.88 Å². The highest BCUT2D eigenvalue weighted by Gasteiger charge is 2.09. The van der Waals surface area contributed by atoms with Crippen LogP contribution in [-0.2, 0) is 0 Å². The molecule has 1 aromatic heterocycles. The average molecular weight is 243 g/mol. The van der Waals surface area contributed by atoms with Crippen molar-refractivity contribution in [3.8, 4) is 0 Å². The lowest BCUT2D eigenvalue weighted by molar-refractivity contribution is 0.242. The number of rotatable bonds is 4. The maximum atomic E-state index is 5.58. The van der Waals surface area contributed by atoms with E-state index in [-0.39, 0.29) is 0 Å². The molecule has 0 atom stereocenters. The number of hydrogen-bond acceptors (Lipinski definition) is 5. The van der Waals surface area contributed by atoms with Gasteiger partial charge in [-0.15, -0.1) is 11.8 Å². The third kappa shape index (κ3) is 3.66. The monoisotopic (exact) mass is 243 g/mol. The number of nitrogens with zero attached hydrogens (tertiary/aromatic N) is 2. The van der Waals surface area contributed by atoms with E-state index in [2.05, 4.69) is 9.88 Å². The largest absolute Gasteiger partial charge is 0.375 e. The summed E-state index contributed by atoms with van der Waals surface area (Å²) >= 11 is 3.45. The van der Waals surface area contributed by atoms with E-state index in [1.807, 2.05) is 18.0 Å². The molecular formula is C10H17N3S2. The van der Waals surface area contributed by atoms with Crippen molar-refractivity contribution in [2.75, 3.05) is 31.1 Å². The van der Waals surface area contributed by atoms with E-state index in [0.717, 1.165) is 5.75 Å². The van der Waals surface area contributed by atoms with Crippen LogP contribution in [0, 0.1) is 0 Å². The Kier molecular flexibility index (Phi) is 4.29. The minimum atomic E-state index is 0.676. The zero-order valence-corrected chi connectivity index (χ0v) is 10.4. The van der Waals surface area contributed by atoms with Gasteiger partial charge in [-0.05, 0) is 25.9 Å². The zero-order valence-electron chi connectivity index (χ0n) is 8.82. The van der Waals surface area contributed by atoms with Gasteiger partial charge in [0, 0.05) is 12.3 Å². The van der Waals surface area contributed by atoms with Gasteiger partial charge in [0.1, 0.15) is 0 Å². The lowest BCUT2D eigenvalue weighted by Crippen LogP contribution is -2.31. The van der Waals surface area contributed by atoms with Crippen molar-refractivity contribution in [2.45, 2.75) is 23.5 Å². The number of hydrogen-bond donors (Lipinski definition) is 1. The number of anilines is 1. The van der Waals surface area contributed by atoms with E-state index in [4.69, 9.17) is 5.73 Å². The topological polar surface area (TPSA) is 42.1 Å². The number of piperidine rings is 1. The van der Waals surface area contributed by atoms with E-state index < -0.39 is 0 Å². The molecule has 84 valence electrons. The Labute approximate surface area is 99.1 Å². The van der Waals surface area contributed by atoms with Gasteiger partial charge in [-0.2, -0.15) is 0 Å². The van der Waals surface area contributed by atoms with E-state index in [1.165, 1.54) is 43.1 Å². The molecule has 5 heteroatoms. The molecule has 15 heavy (non-hydrogen) atoms. The molecule has 0 bridgehead atoms. The first-order chi connectivity index (χ1) is 7.34.